The Labute approximate surface area is 121 Å². The van der Waals surface area contributed by atoms with Gasteiger partial charge in [0.15, 0.2) is 0 Å². The third-order valence-electron chi connectivity index (χ3n) is 3.70. The lowest BCUT2D eigenvalue weighted by molar-refractivity contribution is -0.148. The molecule has 2 aliphatic rings. The summed E-state index contributed by atoms with van der Waals surface area (Å²) in [6.45, 7) is 1.34. The van der Waals surface area contributed by atoms with E-state index in [0.29, 0.717) is 25.4 Å². The lowest BCUT2D eigenvalue weighted by Crippen LogP contribution is -2.67. The van der Waals surface area contributed by atoms with Gasteiger partial charge in [-0.15, -0.1) is 0 Å². The van der Waals surface area contributed by atoms with Gasteiger partial charge in [0.2, 0.25) is 11.8 Å². The zero-order valence-corrected chi connectivity index (χ0v) is 11.4. The molecule has 1 aromatic heterocycles. The Bertz CT molecular complexity index is 557. The molecule has 3 heterocycles. The van der Waals surface area contributed by atoms with E-state index < -0.39 is 6.04 Å². The second-order valence-electron chi connectivity index (χ2n) is 5.00. The third-order valence-corrected chi connectivity index (χ3v) is 3.70. The zero-order valence-electron chi connectivity index (χ0n) is 11.4. The molecule has 0 radical (unpaired) electrons. The van der Waals surface area contributed by atoms with Crippen LogP contribution in [0.15, 0.2) is 22.8 Å². The number of nitrogens with one attached hydrogen (secondary N) is 2. The molecule has 4 amide bonds. The molecule has 0 aliphatic carbocycles. The van der Waals surface area contributed by atoms with Gasteiger partial charge in [0, 0.05) is 13.1 Å². The van der Waals surface area contributed by atoms with Crippen molar-refractivity contribution in [2.45, 2.75) is 12.6 Å². The number of furan rings is 1. The molecular weight excluding hydrogens is 276 g/mol. The van der Waals surface area contributed by atoms with Gasteiger partial charge in [0.1, 0.15) is 11.8 Å². The summed E-state index contributed by atoms with van der Waals surface area (Å²) in [5.74, 6) is 0.348. The topological polar surface area (TPSA) is 94.9 Å². The van der Waals surface area contributed by atoms with Gasteiger partial charge in [0.25, 0.3) is 0 Å². The molecule has 8 heteroatoms. The maximum absolute atomic E-state index is 12.1. The first kappa shape index (κ1) is 13.5. The van der Waals surface area contributed by atoms with Gasteiger partial charge >= 0.3 is 6.03 Å². The smallest absolute Gasteiger partial charge is 0.317 e. The molecule has 2 N–H and O–H groups in total. The summed E-state index contributed by atoms with van der Waals surface area (Å²) in [4.78, 5) is 38.7. The fourth-order valence-corrected chi connectivity index (χ4v) is 2.56. The normalized spacial score (nSPS) is 21.8. The van der Waals surface area contributed by atoms with E-state index in [1.807, 2.05) is 0 Å². The SMILES string of the molecule is O=C1NCC(=O)N2CCN(C(=O)NCc3ccco3)CC12. The monoisotopic (exact) mass is 292 g/mol. The van der Waals surface area contributed by atoms with E-state index >= 15 is 0 Å². The van der Waals surface area contributed by atoms with Crippen LogP contribution >= 0.6 is 0 Å². The molecule has 112 valence electrons. The standard InChI is InChI=1S/C13H16N4O4/c18-11-7-14-12(19)10-8-16(3-4-17(10)11)13(20)15-6-9-2-1-5-21-9/h1-2,5,10H,3-4,6-8H2,(H,14,19)(H,15,20). The number of urea groups is 1. The predicted molar refractivity (Wildman–Crippen MR) is 71.0 cm³/mol. The minimum absolute atomic E-state index is 0.0417. The molecule has 0 saturated carbocycles. The van der Waals surface area contributed by atoms with E-state index in [0.717, 1.165) is 0 Å². The van der Waals surface area contributed by atoms with E-state index in [2.05, 4.69) is 10.6 Å². The molecule has 0 aromatic carbocycles. The summed E-state index contributed by atoms with van der Waals surface area (Å²) in [7, 11) is 0. The fraction of sp³-hybridized carbons (Fsp3) is 0.462. The van der Waals surface area contributed by atoms with Crippen LogP contribution in [-0.2, 0) is 16.1 Å². The molecular formula is C13H16N4O4. The van der Waals surface area contributed by atoms with Gasteiger partial charge in [-0.2, -0.15) is 0 Å². The van der Waals surface area contributed by atoms with Crippen LogP contribution < -0.4 is 10.6 Å². The second-order valence-corrected chi connectivity index (χ2v) is 5.00. The Kier molecular flexibility index (Phi) is 3.51. The molecule has 8 nitrogen and oxygen atoms in total. The summed E-state index contributed by atoms with van der Waals surface area (Å²) in [5.41, 5.74) is 0. The van der Waals surface area contributed by atoms with Crippen molar-refractivity contribution in [3.8, 4) is 0 Å². The first-order chi connectivity index (χ1) is 10.1. The van der Waals surface area contributed by atoms with Crippen molar-refractivity contribution in [2.24, 2.45) is 0 Å². The molecule has 0 bridgehead atoms. The van der Waals surface area contributed by atoms with Gasteiger partial charge in [-0.05, 0) is 12.1 Å². The van der Waals surface area contributed by atoms with Crippen LogP contribution in [0.4, 0.5) is 4.79 Å². The van der Waals surface area contributed by atoms with E-state index in [4.69, 9.17) is 4.42 Å². The van der Waals surface area contributed by atoms with Crippen molar-refractivity contribution in [1.82, 2.24) is 20.4 Å². The maximum atomic E-state index is 12.1. The highest BCUT2D eigenvalue weighted by Gasteiger charge is 2.39. The van der Waals surface area contributed by atoms with Gasteiger partial charge in [-0.3, -0.25) is 9.59 Å². The largest absolute Gasteiger partial charge is 0.467 e. The quantitative estimate of drug-likeness (QED) is 0.741. The Hall–Kier alpha value is -2.51. The first-order valence-electron chi connectivity index (χ1n) is 6.77. The number of amides is 4. The van der Waals surface area contributed by atoms with Crippen molar-refractivity contribution in [3.05, 3.63) is 24.2 Å². The molecule has 0 spiro atoms. The number of hydrogen-bond donors (Lipinski definition) is 2. The van der Waals surface area contributed by atoms with E-state index in [9.17, 15) is 14.4 Å². The molecule has 1 unspecified atom stereocenters. The van der Waals surface area contributed by atoms with Crippen molar-refractivity contribution in [1.29, 1.82) is 0 Å². The van der Waals surface area contributed by atoms with Crippen LogP contribution in [0.5, 0.6) is 0 Å². The van der Waals surface area contributed by atoms with Crippen molar-refractivity contribution < 1.29 is 18.8 Å². The van der Waals surface area contributed by atoms with E-state index in [1.165, 1.54) is 11.2 Å². The average Bonchev–Trinajstić information content (AvgIpc) is 3.02. The van der Waals surface area contributed by atoms with Gasteiger partial charge in [0.05, 0.1) is 25.9 Å². The Morgan fingerprint density at radius 1 is 1.43 bits per heavy atom. The molecule has 3 rings (SSSR count). The van der Waals surface area contributed by atoms with E-state index in [1.54, 1.807) is 17.0 Å². The van der Waals surface area contributed by atoms with Gasteiger partial charge in [-0.1, -0.05) is 0 Å². The summed E-state index contributed by atoms with van der Waals surface area (Å²) < 4.78 is 5.14. The minimum atomic E-state index is -0.589. The van der Waals surface area contributed by atoms with Gasteiger partial charge < -0.3 is 24.9 Å². The molecule has 1 atom stereocenters. The molecule has 2 saturated heterocycles. The van der Waals surface area contributed by atoms with E-state index in [-0.39, 0.29) is 30.9 Å². The van der Waals surface area contributed by atoms with Crippen molar-refractivity contribution >= 4 is 17.8 Å². The number of piperazine rings is 2. The summed E-state index contributed by atoms with van der Waals surface area (Å²) >= 11 is 0. The van der Waals surface area contributed by atoms with Crippen LogP contribution in [0.2, 0.25) is 0 Å². The highest BCUT2D eigenvalue weighted by Crippen LogP contribution is 2.13. The second kappa shape index (κ2) is 5.47. The molecule has 2 aliphatic heterocycles. The number of hydrogen-bond acceptors (Lipinski definition) is 4. The number of carbonyl (C=O) groups excluding carboxylic acids is 3. The summed E-state index contributed by atoms with van der Waals surface area (Å²) in [6.07, 6.45) is 1.54. The number of rotatable bonds is 2. The minimum Gasteiger partial charge on any atom is -0.467 e. The molecule has 1 aromatic rings. The fourth-order valence-electron chi connectivity index (χ4n) is 2.56. The maximum Gasteiger partial charge on any atom is 0.317 e. The predicted octanol–water partition coefficient (Wildman–Crippen LogP) is -0.868. The number of fused-ring (bicyclic) bond motifs is 1. The number of nitrogens with zero attached hydrogens (tertiary/aromatic N) is 2. The third kappa shape index (κ3) is 2.69. The van der Waals surface area contributed by atoms with Crippen molar-refractivity contribution in [3.63, 3.8) is 0 Å². The van der Waals surface area contributed by atoms with Crippen molar-refractivity contribution in [2.75, 3.05) is 26.2 Å². The van der Waals surface area contributed by atoms with Crippen LogP contribution in [0.25, 0.3) is 0 Å². The summed E-state index contributed by atoms with van der Waals surface area (Å²) in [6, 6.07) is 2.66. The van der Waals surface area contributed by atoms with Gasteiger partial charge in [-0.25, -0.2) is 4.79 Å². The Morgan fingerprint density at radius 2 is 2.29 bits per heavy atom. The average molecular weight is 292 g/mol. The Morgan fingerprint density at radius 3 is 3.05 bits per heavy atom. The summed E-state index contributed by atoms with van der Waals surface area (Å²) in [5, 5.41) is 5.28. The van der Waals surface area contributed by atoms with Crippen LogP contribution in [-0.4, -0.2) is 59.9 Å². The van der Waals surface area contributed by atoms with Crippen LogP contribution in [0.3, 0.4) is 0 Å². The number of carbonyl (C=O) groups is 3. The first-order valence-corrected chi connectivity index (χ1v) is 6.77. The lowest BCUT2D eigenvalue weighted by atomic mass is 10.1. The van der Waals surface area contributed by atoms with Crippen LogP contribution in [0.1, 0.15) is 5.76 Å². The molecule has 21 heavy (non-hydrogen) atoms. The lowest BCUT2D eigenvalue weighted by Gasteiger charge is -2.42. The molecule has 2 fully saturated rings. The van der Waals surface area contributed by atoms with Crippen LogP contribution in [0, 0.1) is 0 Å². The zero-order chi connectivity index (χ0) is 14.8. The Balaban J connectivity index is 1.58. The highest BCUT2D eigenvalue weighted by atomic mass is 16.3. The highest BCUT2D eigenvalue weighted by molar-refractivity contribution is 5.95.